The normalized spacial score (nSPS) is 10.8. The first kappa shape index (κ1) is 23.3. The van der Waals surface area contributed by atoms with Crippen LogP contribution in [0.4, 0.5) is 4.39 Å². The van der Waals surface area contributed by atoms with Crippen molar-refractivity contribution in [1.29, 1.82) is 0 Å². The third kappa shape index (κ3) is 5.20. The van der Waals surface area contributed by atoms with Crippen molar-refractivity contribution < 1.29 is 18.7 Å². The van der Waals surface area contributed by atoms with Crippen molar-refractivity contribution in [3.8, 4) is 17.2 Å². The van der Waals surface area contributed by atoms with E-state index < -0.39 is 5.91 Å². The number of hydrogen-bond acceptors (Lipinski definition) is 6. The molecule has 0 radical (unpaired) electrons. The zero-order valence-corrected chi connectivity index (χ0v) is 19.5. The summed E-state index contributed by atoms with van der Waals surface area (Å²) in [7, 11) is 3.18. The number of halogens is 1. The summed E-state index contributed by atoms with van der Waals surface area (Å²) in [5.41, 5.74) is 8.50. The smallest absolute Gasteiger partial charge is 0.248 e. The fraction of sp³-hybridized carbons (Fsp3) is 0.160. The quantitative estimate of drug-likeness (QED) is 0.359. The Balaban J connectivity index is 1.63. The number of primary amides is 1. The lowest BCUT2D eigenvalue weighted by atomic mass is 10.1. The number of ether oxygens (including phenoxy) is 2. The zero-order chi connectivity index (χ0) is 24.1. The number of carbonyl (C=O) groups is 1. The standard InChI is InChI=1S/C25H23FN4O3S/c1-32-21-12-5-17(13-22(21)33-2)14-23-28-29-25(30(23)20-10-8-19(26)9-11-20)34-15-16-3-6-18(7-4-16)24(27)31/h3-13H,14-15H2,1-2H3,(H2,27,31). The van der Waals surface area contributed by atoms with Crippen molar-refractivity contribution in [1.82, 2.24) is 14.8 Å². The molecule has 4 rings (SSSR count). The molecule has 0 aliphatic rings. The molecule has 0 bridgehead atoms. The molecule has 0 saturated carbocycles. The molecular weight excluding hydrogens is 455 g/mol. The molecule has 3 aromatic carbocycles. The van der Waals surface area contributed by atoms with Crippen LogP contribution in [0.2, 0.25) is 0 Å². The highest BCUT2D eigenvalue weighted by molar-refractivity contribution is 7.98. The highest BCUT2D eigenvalue weighted by atomic mass is 32.2. The fourth-order valence-electron chi connectivity index (χ4n) is 3.44. The first-order valence-corrected chi connectivity index (χ1v) is 11.4. The first-order valence-electron chi connectivity index (χ1n) is 10.4. The van der Waals surface area contributed by atoms with E-state index in [1.807, 2.05) is 34.9 Å². The van der Waals surface area contributed by atoms with E-state index in [1.54, 1.807) is 38.5 Å². The van der Waals surface area contributed by atoms with E-state index in [0.717, 1.165) is 16.8 Å². The molecule has 174 valence electrons. The zero-order valence-electron chi connectivity index (χ0n) is 18.7. The number of nitrogens with two attached hydrogens (primary N) is 1. The minimum atomic E-state index is -0.463. The highest BCUT2D eigenvalue weighted by Gasteiger charge is 2.16. The van der Waals surface area contributed by atoms with Crippen LogP contribution in [0.1, 0.15) is 27.3 Å². The van der Waals surface area contributed by atoms with Gasteiger partial charge in [-0.1, -0.05) is 30.0 Å². The van der Waals surface area contributed by atoms with Crippen molar-refractivity contribution >= 4 is 17.7 Å². The molecule has 0 fully saturated rings. The number of benzene rings is 3. The van der Waals surface area contributed by atoms with Gasteiger partial charge in [-0.05, 0) is 59.7 Å². The van der Waals surface area contributed by atoms with E-state index in [0.29, 0.717) is 40.2 Å². The molecule has 0 aliphatic heterocycles. The maximum absolute atomic E-state index is 13.6. The Morgan fingerprint density at radius 2 is 1.62 bits per heavy atom. The van der Waals surface area contributed by atoms with Crippen LogP contribution in [0.25, 0.3) is 5.69 Å². The summed E-state index contributed by atoms with van der Waals surface area (Å²) in [6, 6.07) is 19.0. The Kier molecular flexibility index (Phi) is 7.12. The fourth-order valence-corrected chi connectivity index (χ4v) is 4.37. The molecule has 0 unspecified atom stereocenters. The lowest BCUT2D eigenvalue weighted by Gasteiger charge is -2.12. The molecule has 9 heteroatoms. The van der Waals surface area contributed by atoms with Crippen LogP contribution in [0.15, 0.2) is 71.9 Å². The Labute approximate surface area is 200 Å². The topological polar surface area (TPSA) is 92.3 Å². The minimum absolute atomic E-state index is 0.318. The van der Waals surface area contributed by atoms with Crippen LogP contribution < -0.4 is 15.2 Å². The number of nitrogens with zero attached hydrogens (tertiary/aromatic N) is 3. The van der Waals surface area contributed by atoms with Crippen molar-refractivity contribution in [2.75, 3.05) is 14.2 Å². The van der Waals surface area contributed by atoms with Gasteiger partial charge >= 0.3 is 0 Å². The number of thioether (sulfide) groups is 1. The van der Waals surface area contributed by atoms with Crippen LogP contribution in [-0.2, 0) is 12.2 Å². The first-order chi connectivity index (χ1) is 16.5. The predicted octanol–water partition coefficient (Wildman–Crippen LogP) is 4.41. The predicted molar refractivity (Wildman–Crippen MR) is 128 cm³/mol. The number of aromatic nitrogens is 3. The van der Waals surface area contributed by atoms with Gasteiger partial charge < -0.3 is 15.2 Å². The Hall–Kier alpha value is -3.85. The van der Waals surface area contributed by atoms with Gasteiger partial charge in [0.15, 0.2) is 16.7 Å². The highest BCUT2D eigenvalue weighted by Crippen LogP contribution is 2.30. The van der Waals surface area contributed by atoms with Crippen LogP contribution in [0.5, 0.6) is 11.5 Å². The number of methoxy groups -OCH3 is 2. The maximum atomic E-state index is 13.6. The molecule has 0 saturated heterocycles. The molecular formula is C25H23FN4O3S. The van der Waals surface area contributed by atoms with Crippen LogP contribution in [-0.4, -0.2) is 34.9 Å². The molecule has 1 aromatic heterocycles. The second kappa shape index (κ2) is 10.4. The largest absolute Gasteiger partial charge is 0.493 e. The van der Waals surface area contributed by atoms with Gasteiger partial charge in [0, 0.05) is 23.4 Å². The van der Waals surface area contributed by atoms with Gasteiger partial charge in [-0.3, -0.25) is 9.36 Å². The molecule has 0 spiro atoms. The van der Waals surface area contributed by atoms with Crippen molar-refractivity contribution in [2.45, 2.75) is 17.3 Å². The monoisotopic (exact) mass is 478 g/mol. The van der Waals surface area contributed by atoms with Gasteiger partial charge in [-0.2, -0.15) is 0 Å². The minimum Gasteiger partial charge on any atom is -0.493 e. The molecule has 2 N–H and O–H groups in total. The van der Waals surface area contributed by atoms with Crippen LogP contribution in [0, 0.1) is 5.82 Å². The average molecular weight is 479 g/mol. The third-order valence-corrected chi connectivity index (χ3v) is 6.20. The van der Waals surface area contributed by atoms with Crippen molar-refractivity contribution in [3.63, 3.8) is 0 Å². The van der Waals surface area contributed by atoms with Crippen molar-refractivity contribution in [2.24, 2.45) is 5.73 Å². The summed E-state index contributed by atoms with van der Waals surface area (Å²) in [4.78, 5) is 11.3. The van der Waals surface area contributed by atoms with Gasteiger partial charge in [0.2, 0.25) is 5.91 Å². The number of rotatable bonds is 9. The number of hydrogen-bond donors (Lipinski definition) is 1. The van der Waals surface area contributed by atoms with Gasteiger partial charge in [-0.15, -0.1) is 10.2 Å². The number of carbonyl (C=O) groups excluding carboxylic acids is 1. The summed E-state index contributed by atoms with van der Waals surface area (Å²) in [6.07, 6.45) is 0.485. The molecule has 0 aliphatic carbocycles. The summed E-state index contributed by atoms with van der Waals surface area (Å²) in [6.45, 7) is 0. The Morgan fingerprint density at radius 1 is 0.941 bits per heavy atom. The Morgan fingerprint density at radius 3 is 2.26 bits per heavy atom. The molecule has 34 heavy (non-hydrogen) atoms. The van der Waals surface area contributed by atoms with Crippen LogP contribution >= 0.6 is 11.8 Å². The van der Waals surface area contributed by atoms with Gasteiger partial charge in [0.1, 0.15) is 11.6 Å². The summed E-state index contributed by atoms with van der Waals surface area (Å²) >= 11 is 1.49. The molecule has 7 nitrogen and oxygen atoms in total. The summed E-state index contributed by atoms with van der Waals surface area (Å²) in [5, 5.41) is 9.49. The van der Waals surface area contributed by atoms with Crippen LogP contribution in [0.3, 0.4) is 0 Å². The molecule has 4 aromatic rings. The second-order valence-corrected chi connectivity index (χ2v) is 8.37. The van der Waals surface area contributed by atoms with E-state index in [9.17, 15) is 9.18 Å². The SMILES string of the molecule is COc1ccc(Cc2nnc(SCc3ccc(C(N)=O)cc3)n2-c2ccc(F)cc2)cc1OC. The van der Waals surface area contributed by atoms with Gasteiger partial charge in [-0.25, -0.2) is 4.39 Å². The van der Waals surface area contributed by atoms with E-state index in [1.165, 1.54) is 23.9 Å². The number of amides is 1. The van der Waals surface area contributed by atoms with E-state index in [2.05, 4.69) is 10.2 Å². The van der Waals surface area contributed by atoms with Crippen molar-refractivity contribution in [3.05, 3.63) is 95.1 Å². The summed E-state index contributed by atoms with van der Waals surface area (Å²) in [5.74, 6) is 1.79. The molecule has 0 atom stereocenters. The Bertz CT molecular complexity index is 1290. The van der Waals surface area contributed by atoms with E-state index >= 15 is 0 Å². The van der Waals surface area contributed by atoms with Gasteiger partial charge in [0.25, 0.3) is 0 Å². The lowest BCUT2D eigenvalue weighted by molar-refractivity contribution is 0.100. The lowest BCUT2D eigenvalue weighted by Crippen LogP contribution is -2.10. The molecule has 1 heterocycles. The maximum Gasteiger partial charge on any atom is 0.248 e. The summed E-state index contributed by atoms with van der Waals surface area (Å²) < 4.78 is 26.2. The average Bonchev–Trinajstić information content (AvgIpc) is 3.25. The van der Waals surface area contributed by atoms with Gasteiger partial charge in [0.05, 0.1) is 14.2 Å². The molecule has 1 amide bonds. The van der Waals surface area contributed by atoms with E-state index in [4.69, 9.17) is 15.2 Å². The second-order valence-electron chi connectivity index (χ2n) is 7.43. The third-order valence-electron chi connectivity index (χ3n) is 5.20. The van der Waals surface area contributed by atoms with E-state index in [-0.39, 0.29) is 5.82 Å².